The van der Waals surface area contributed by atoms with Crippen LogP contribution in [-0.2, 0) is 14.3 Å². The maximum atomic E-state index is 13.3. The average Bonchev–Trinajstić information content (AvgIpc) is 2.61. The molecule has 3 heterocycles. The Morgan fingerprint density at radius 2 is 2.04 bits per heavy atom. The summed E-state index contributed by atoms with van der Waals surface area (Å²) >= 11 is 0. The van der Waals surface area contributed by atoms with E-state index in [1.807, 2.05) is 23.1 Å². The van der Waals surface area contributed by atoms with Crippen molar-refractivity contribution >= 4 is 17.3 Å². The minimum Gasteiger partial charge on any atom is -0.376 e. The highest BCUT2D eigenvalue weighted by Gasteiger charge is 2.46. The first kappa shape index (κ1) is 14.9. The number of carbonyl (C=O) groups excluding carboxylic acids is 1. The highest BCUT2D eigenvalue weighted by molar-refractivity contribution is 6.08. The van der Waals surface area contributed by atoms with Crippen LogP contribution < -0.4 is 15.5 Å². The van der Waals surface area contributed by atoms with Crippen molar-refractivity contribution in [3.63, 3.8) is 0 Å². The number of para-hydroxylation sites is 2. The second-order valence-corrected chi connectivity index (χ2v) is 6.46. The molecule has 1 atom stereocenters. The zero-order chi connectivity index (χ0) is 15.7. The highest BCUT2D eigenvalue weighted by Crippen LogP contribution is 2.39. The lowest BCUT2D eigenvalue weighted by molar-refractivity contribution is -0.126. The van der Waals surface area contributed by atoms with Gasteiger partial charge in [0.15, 0.2) is 0 Å². The van der Waals surface area contributed by atoms with Gasteiger partial charge in [-0.15, -0.1) is 0 Å². The number of hydrogen-bond donors (Lipinski definition) is 2. The van der Waals surface area contributed by atoms with Gasteiger partial charge >= 0.3 is 0 Å². The molecule has 6 nitrogen and oxygen atoms in total. The third-order valence-corrected chi connectivity index (χ3v) is 4.95. The molecule has 2 fully saturated rings. The maximum absolute atomic E-state index is 13.3. The summed E-state index contributed by atoms with van der Waals surface area (Å²) in [6.45, 7) is 4.05. The van der Waals surface area contributed by atoms with E-state index in [4.69, 9.17) is 9.47 Å². The smallest absolute Gasteiger partial charge is 0.252 e. The molecule has 0 aromatic heterocycles. The first-order valence-electron chi connectivity index (χ1n) is 8.38. The van der Waals surface area contributed by atoms with Gasteiger partial charge in [0.25, 0.3) is 5.91 Å². The Hall–Kier alpha value is -1.63. The maximum Gasteiger partial charge on any atom is 0.252 e. The molecule has 23 heavy (non-hydrogen) atoms. The molecule has 0 bridgehead atoms. The summed E-state index contributed by atoms with van der Waals surface area (Å²) in [6.07, 6.45) is 1.55. The van der Waals surface area contributed by atoms with Crippen LogP contribution in [0.4, 0.5) is 11.4 Å². The van der Waals surface area contributed by atoms with E-state index in [0.29, 0.717) is 26.4 Å². The molecular weight excluding hydrogens is 294 g/mol. The Bertz CT molecular complexity index is 580. The quantitative estimate of drug-likeness (QED) is 0.851. The highest BCUT2D eigenvalue weighted by atomic mass is 16.6. The molecule has 2 N–H and O–H groups in total. The van der Waals surface area contributed by atoms with Crippen LogP contribution in [0.2, 0.25) is 0 Å². The van der Waals surface area contributed by atoms with Gasteiger partial charge in [-0.05, 0) is 38.1 Å². The van der Waals surface area contributed by atoms with Crippen molar-refractivity contribution in [3.05, 3.63) is 24.3 Å². The molecular formula is C17H23N3O3. The van der Waals surface area contributed by atoms with E-state index >= 15 is 0 Å². The van der Waals surface area contributed by atoms with Gasteiger partial charge in [-0.1, -0.05) is 12.1 Å². The molecule has 124 valence electrons. The predicted molar refractivity (Wildman–Crippen MR) is 87.8 cm³/mol. The van der Waals surface area contributed by atoms with E-state index in [0.717, 1.165) is 37.3 Å². The summed E-state index contributed by atoms with van der Waals surface area (Å²) in [5.74, 6) is 0.159. The Morgan fingerprint density at radius 3 is 2.83 bits per heavy atom. The SMILES string of the molecule is O=C1N(C[C@@H]2COCCO2)c2ccccc2NC12CCNCC2. The van der Waals surface area contributed by atoms with Crippen LogP contribution >= 0.6 is 0 Å². The number of amides is 1. The minimum absolute atomic E-state index is 0.0578. The fourth-order valence-electron chi connectivity index (χ4n) is 3.71. The van der Waals surface area contributed by atoms with Gasteiger partial charge in [0.2, 0.25) is 0 Å². The standard InChI is InChI=1S/C17H23N3O3/c21-16-17(5-7-18-8-6-17)19-14-3-1-2-4-15(14)20(16)11-13-12-22-9-10-23-13/h1-4,13,18-19H,5-12H2/t13-/m1/s1. The lowest BCUT2D eigenvalue weighted by Crippen LogP contribution is -2.62. The van der Waals surface area contributed by atoms with E-state index in [-0.39, 0.29) is 12.0 Å². The van der Waals surface area contributed by atoms with Crippen molar-refractivity contribution in [3.8, 4) is 0 Å². The van der Waals surface area contributed by atoms with Gasteiger partial charge < -0.3 is 25.0 Å². The number of fused-ring (bicyclic) bond motifs is 1. The zero-order valence-electron chi connectivity index (χ0n) is 13.2. The van der Waals surface area contributed by atoms with E-state index in [9.17, 15) is 4.79 Å². The third-order valence-electron chi connectivity index (χ3n) is 4.95. The van der Waals surface area contributed by atoms with Gasteiger partial charge in [0, 0.05) is 0 Å². The van der Waals surface area contributed by atoms with Crippen LogP contribution in [0.25, 0.3) is 0 Å². The molecule has 4 rings (SSSR count). The van der Waals surface area contributed by atoms with Crippen LogP contribution in [0, 0.1) is 0 Å². The molecule has 0 unspecified atom stereocenters. The number of carbonyl (C=O) groups is 1. The van der Waals surface area contributed by atoms with Gasteiger partial charge in [0.1, 0.15) is 5.54 Å². The number of nitrogens with one attached hydrogen (secondary N) is 2. The monoisotopic (exact) mass is 317 g/mol. The molecule has 3 aliphatic heterocycles. The summed E-state index contributed by atoms with van der Waals surface area (Å²) in [6, 6.07) is 8.03. The van der Waals surface area contributed by atoms with Gasteiger partial charge in [-0.3, -0.25) is 4.79 Å². The second-order valence-electron chi connectivity index (χ2n) is 6.46. The molecule has 2 saturated heterocycles. The van der Waals surface area contributed by atoms with Crippen LogP contribution in [0.3, 0.4) is 0 Å². The summed E-state index contributed by atoms with van der Waals surface area (Å²) in [5.41, 5.74) is 1.48. The van der Waals surface area contributed by atoms with Crippen molar-refractivity contribution in [2.24, 2.45) is 0 Å². The van der Waals surface area contributed by atoms with Crippen LogP contribution in [0.5, 0.6) is 0 Å². The predicted octanol–water partition coefficient (Wildman–Crippen LogP) is 0.983. The second kappa shape index (κ2) is 6.11. The normalized spacial score (nSPS) is 26.7. The fraction of sp³-hybridized carbons (Fsp3) is 0.588. The van der Waals surface area contributed by atoms with E-state index in [1.54, 1.807) is 0 Å². The van der Waals surface area contributed by atoms with Crippen molar-refractivity contribution in [1.82, 2.24) is 5.32 Å². The fourth-order valence-corrected chi connectivity index (χ4v) is 3.71. The molecule has 1 aromatic rings. The lowest BCUT2D eigenvalue weighted by atomic mass is 9.84. The van der Waals surface area contributed by atoms with Crippen LogP contribution in [0.15, 0.2) is 24.3 Å². The molecule has 1 amide bonds. The number of rotatable bonds is 2. The summed E-state index contributed by atoms with van der Waals surface area (Å²) in [5, 5.41) is 6.87. The summed E-state index contributed by atoms with van der Waals surface area (Å²) in [4.78, 5) is 15.2. The molecule has 3 aliphatic rings. The Kier molecular flexibility index (Phi) is 3.97. The van der Waals surface area contributed by atoms with Gasteiger partial charge in [-0.2, -0.15) is 0 Å². The minimum atomic E-state index is -0.491. The Balaban J connectivity index is 1.65. The number of piperidine rings is 1. The number of ether oxygens (including phenoxy) is 2. The Labute approximate surface area is 136 Å². The molecule has 1 spiro atoms. The molecule has 0 radical (unpaired) electrons. The van der Waals surface area contributed by atoms with Crippen LogP contribution in [0.1, 0.15) is 12.8 Å². The first-order valence-corrected chi connectivity index (χ1v) is 8.38. The largest absolute Gasteiger partial charge is 0.376 e. The zero-order valence-corrected chi connectivity index (χ0v) is 13.2. The number of benzene rings is 1. The number of anilines is 2. The van der Waals surface area contributed by atoms with Crippen molar-refractivity contribution in [2.75, 3.05) is 49.7 Å². The Morgan fingerprint density at radius 1 is 1.22 bits per heavy atom. The molecule has 0 saturated carbocycles. The van der Waals surface area contributed by atoms with E-state index < -0.39 is 5.54 Å². The third kappa shape index (κ3) is 2.71. The summed E-state index contributed by atoms with van der Waals surface area (Å²) in [7, 11) is 0. The summed E-state index contributed by atoms with van der Waals surface area (Å²) < 4.78 is 11.3. The topological polar surface area (TPSA) is 62.8 Å². The molecule has 1 aromatic carbocycles. The van der Waals surface area contributed by atoms with Crippen molar-refractivity contribution in [2.45, 2.75) is 24.5 Å². The van der Waals surface area contributed by atoms with Gasteiger partial charge in [0.05, 0.1) is 43.8 Å². The van der Waals surface area contributed by atoms with Crippen LogP contribution in [-0.4, -0.2) is 57.0 Å². The average molecular weight is 317 g/mol. The van der Waals surface area contributed by atoms with Gasteiger partial charge in [-0.25, -0.2) is 0 Å². The van der Waals surface area contributed by atoms with Crippen molar-refractivity contribution < 1.29 is 14.3 Å². The molecule has 0 aliphatic carbocycles. The molecule has 6 heteroatoms. The number of hydrogen-bond acceptors (Lipinski definition) is 5. The van der Waals surface area contributed by atoms with Crippen molar-refractivity contribution in [1.29, 1.82) is 0 Å². The first-order chi connectivity index (χ1) is 11.3. The van der Waals surface area contributed by atoms with E-state index in [1.165, 1.54) is 0 Å². The lowest BCUT2D eigenvalue weighted by Gasteiger charge is -2.46. The number of nitrogens with zero attached hydrogens (tertiary/aromatic N) is 1. The van der Waals surface area contributed by atoms with E-state index in [2.05, 4.69) is 16.7 Å².